The smallest absolute Gasteiger partial charge is 0.236 e. The molecule has 1 aliphatic heterocycles. The summed E-state index contributed by atoms with van der Waals surface area (Å²) in [5.74, 6) is 0. The fourth-order valence-electron chi connectivity index (χ4n) is 2.02. The molecule has 1 aromatic carbocycles. The fourth-order valence-corrected chi connectivity index (χ4v) is 3.83. The van der Waals surface area contributed by atoms with Crippen molar-refractivity contribution in [2.45, 2.75) is 25.0 Å². The molecule has 4 nitrogen and oxygen atoms in total. The third-order valence-corrected chi connectivity index (χ3v) is 5.16. The van der Waals surface area contributed by atoms with E-state index in [1.165, 1.54) is 0 Å². The molecular formula is C12H17ClN2O2S. The highest BCUT2D eigenvalue weighted by molar-refractivity contribution is 7.93. The second-order valence-electron chi connectivity index (χ2n) is 4.60. The highest BCUT2D eigenvalue weighted by Gasteiger charge is 2.27. The summed E-state index contributed by atoms with van der Waals surface area (Å²) in [4.78, 5) is 0. The lowest BCUT2D eigenvalue weighted by Crippen LogP contribution is -2.41. The van der Waals surface area contributed by atoms with E-state index in [4.69, 9.17) is 11.6 Å². The second-order valence-corrected chi connectivity index (χ2v) is 6.97. The molecule has 1 fully saturated rings. The monoisotopic (exact) mass is 288 g/mol. The molecule has 18 heavy (non-hydrogen) atoms. The molecule has 6 heteroatoms. The van der Waals surface area contributed by atoms with Crippen molar-refractivity contribution in [3.63, 3.8) is 0 Å². The van der Waals surface area contributed by atoms with E-state index in [0.29, 0.717) is 23.7 Å². The number of benzene rings is 1. The summed E-state index contributed by atoms with van der Waals surface area (Å²) in [7, 11) is -3.37. The lowest BCUT2D eigenvalue weighted by molar-refractivity contribution is 0.499. The van der Waals surface area contributed by atoms with E-state index >= 15 is 0 Å². The molecule has 1 unspecified atom stereocenters. The molecule has 0 amide bonds. The molecule has 2 N–H and O–H groups in total. The summed E-state index contributed by atoms with van der Waals surface area (Å²) in [5.41, 5.74) is 1.45. The molecule has 100 valence electrons. The van der Waals surface area contributed by atoms with E-state index in [1.807, 2.05) is 13.0 Å². The van der Waals surface area contributed by atoms with Crippen molar-refractivity contribution in [3.8, 4) is 0 Å². The Morgan fingerprint density at radius 2 is 2.22 bits per heavy atom. The average Bonchev–Trinajstić information content (AvgIpc) is 2.34. The highest BCUT2D eigenvalue weighted by atomic mass is 35.5. The molecule has 1 aliphatic rings. The molecule has 0 spiro atoms. The number of sulfonamides is 1. The van der Waals surface area contributed by atoms with Gasteiger partial charge < -0.3 is 5.32 Å². The molecular weight excluding hydrogens is 272 g/mol. The molecule has 0 bridgehead atoms. The zero-order valence-corrected chi connectivity index (χ0v) is 11.8. The van der Waals surface area contributed by atoms with E-state index in [0.717, 1.165) is 18.5 Å². The minimum Gasteiger partial charge on any atom is -0.315 e. The van der Waals surface area contributed by atoms with Gasteiger partial charge in [0, 0.05) is 6.54 Å². The zero-order valence-electron chi connectivity index (χ0n) is 10.2. The number of hydrogen-bond donors (Lipinski definition) is 2. The van der Waals surface area contributed by atoms with Crippen LogP contribution in [0.4, 0.5) is 5.69 Å². The molecule has 0 radical (unpaired) electrons. The van der Waals surface area contributed by atoms with Crippen LogP contribution >= 0.6 is 11.6 Å². The van der Waals surface area contributed by atoms with Crippen molar-refractivity contribution in [3.05, 3.63) is 28.8 Å². The normalized spacial score (nSPS) is 20.7. The van der Waals surface area contributed by atoms with E-state index < -0.39 is 10.0 Å². The zero-order chi connectivity index (χ0) is 13.2. The summed E-state index contributed by atoms with van der Waals surface area (Å²) in [6.07, 6.45) is 1.57. The summed E-state index contributed by atoms with van der Waals surface area (Å²) in [5, 5.41) is 3.15. The molecule has 0 aromatic heterocycles. The summed E-state index contributed by atoms with van der Waals surface area (Å²) < 4.78 is 26.9. The van der Waals surface area contributed by atoms with Crippen LogP contribution in [-0.4, -0.2) is 26.8 Å². The Hall–Kier alpha value is -0.780. The third kappa shape index (κ3) is 3.16. The number of aryl methyl sites for hydroxylation is 1. The van der Waals surface area contributed by atoms with Crippen molar-refractivity contribution in [1.29, 1.82) is 0 Å². The predicted molar refractivity (Wildman–Crippen MR) is 74.6 cm³/mol. The van der Waals surface area contributed by atoms with Crippen molar-refractivity contribution in [1.82, 2.24) is 5.32 Å². The summed E-state index contributed by atoms with van der Waals surface area (Å²) in [6, 6.07) is 5.28. The van der Waals surface area contributed by atoms with E-state index in [9.17, 15) is 8.42 Å². The van der Waals surface area contributed by atoms with E-state index in [1.54, 1.807) is 12.1 Å². The first-order valence-corrected chi connectivity index (χ1v) is 7.90. The number of nitrogens with one attached hydrogen (secondary N) is 2. The van der Waals surface area contributed by atoms with Gasteiger partial charge in [-0.1, -0.05) is 17.7 Å². The lowest BCUT2D eigenvalue weighted by atomic mass is 10.2. The molecule has 1 heterocycles. The standard InChI is InChI=1S/C12H17ClN2O2S/c1-9-4-5-12(11(13)7-9)15-18(16,17)10-3-2-6-14-8-10/h4-5,7,10,14-15H,2-3,6,8H2,1H3. The molecule has 2 rings (SSSR count). The number of anilines is 1. The van der Waals surface area contributed by atoms with Crippen LogP contribution in [0.3, 0.4) is 0 Å². The van der Waals surface area contributed by atoms with Gasteiger partial charge in [0.1, 0.15) is 0 Å². The van der Waals surface area contributed by atoms with Crippen molar-refractivity contribution in [2.24, 2.45) is 0 Å². The quantitative estimate of drug-likeness (QED) is 0.896. The second kappa shape index (κ2) is 5.47. The van der Waals surface area contributed by atoms with Gasteiger partial charge >= 0.3 is 0 Å². The topological polar surface area (TPSA) is 58.2 Å². The maximum Gasteiger partial charge on any atom is 0.236 e. The molecule has 0 aliphatic carbocycles. The van der Waals surface area contributed by atoms with Crippen LogP contribution in [0.5, 0.6) is 0 Å². The molecule has 1 atom stereocenters. The van der Waals surface area contributed by atoms with Gasteiger partial charge in [0.2, 0.25) is 10.0 Å². The van der Waals surface area contributed by atoms with E-state index in [2.05, 4.69) is 10.0 Å². The summed E-state index contributed by atoms with van der Waals surface area (Å²) >= 11 is 6.03. The predicted octanol–water partition coefficient (Wildman–Crippen LogP) is 2.14. The van der Waals surface area contributed by atoms with Crippen LogP contribution in [0.15, 0.2) is 18.2 Å². The first-order chi connectivity index (χ1) is 8.49. The van der Waals surface area contributed by atoms with Crippen LogP contribution in [0.1, 0.15) is 18.4 Å². The maximum atomic E-state index is 12.2. The molecule has 1 aromatic rings. The van der Waals surface area contributed by atoms with Gasteiger partial charge in [0.25, 0.3) is 0 Å². The fraction of sp³-hybridized carbons (Fsp3) is 0.500. The van der Waals surface area contributed by atoms with Crippen LogP contribution in [0.2, 0.25) is 5.02 Å². The number of halogens is 1. The molecule has 0 saturated carbocycles. The van der Waals surface area contributed by atoms with Crippen LogP contribution < -0.4 is 10.0 Å². The third-order valence-electron chi connectivity index (χ3n) is 3.07. The average molecular weight is 289 g/mol. The van der Waals surface area contributed by atoms with Gasteiger partial charge in [0.15, 0.2) is 0 Å². The lowest BCUT2D eigenvalue weighted by Gasteiger charge is -2.23. The van der Waals surface area contributed by atoms with Gasteiger partial charge in [-0.05, 0) is 44.0 Å². The van der Waals surface area contributed by atoms with Gasteiger partial charge in [-0.2, -0.15) is 0 Å². The Bertz CT molecular complexity index is 525. The highest BCUT2D eigenvalue weighted by Crippen LogP contribution is 2.25. The Balaban J connectivity index is 2.16. The van der Waals surface area contributed by atoms with Gasteiger partial charge in [-0.15, -0.1) is 0 Å². The van der Waals surface area contributed by atoms with Crippen LogP contribution in [-0.2, 0) is 10.0 Å². The van der Waals surface area contributed by atoms with Gasteiger partial charge in [-0.3, -0.25) is 4.72 Å². The van der Waals surface area contributed by atoms with Gasteiger partial charge in [0.05, 0.1) is 16.0 Å². The Morgan fingerprint density at radius 1 is 1.44 bits per heavy atom. The van der Waals surface area contributed by atoms with E-state index in [-0.39, 0.29) is 5.25 Å². The summed E-state index contributed by atoms with van der Waals surface area (Å²) in [6.45, 7) is 3.30. The maximum absolute atomic E-state index is 12.2. The largest absolute Gasteiger partial charge is 0.315 e. The molecule has 1 saturated heterocycles. The van der Waals surface area contributed by atoms with Crippen LogP contribution in [0, 0.1) is 6.92 Å². The minimum atomic E-state index is -3.37. The SMILES string of the molecule is Cc1ccc(NS(=O)(=O)C2CCCNC2)c(Cl)c1. The number of piperidine rings is 1. The Kier molecular flexibility index (Phi) is 4.14. The Morgan fingerprint density at radius 3 is 2.83 bits per heavy atom. The number of rotatable bonds is 3. The van der Waals surface area contributed by atoms with Crippen LogP contribution in [0.25, 0.3) is 0 Å². The first kappa shape index (κ1) is 13.6. The van der Waals surface area contributed by atoms with Crippen molar-refractivity contribution in [2.75, 3.05) is 17.8 Å². The minimum absolute atomic E-state index is 0.386. The first-order valence-electron chi connectivity index (χ1n) is 5.97. The Labute approximate surface area is 113 Å². The van der Waals surface area contributed by atoms with Gasteiger partial charge in [-0.25, -0.2) is 8.42 Å². The van der Waals surface area contributed by atoms with Crippen molar-refractivity contribution >= 4 is 27.3 Å². The number of hydrogen-bond acceptors (Lipinski definition) is 3. The van der Waals surface area contributed by atoms with Crippen molar-refractivity contribution < 1.29 is 8.42 Å².